The number of rotatable bonds is 4. The van der Waals surface area contributed by atoms with E-state index < -0.39 is 0 Å². The van der Waals surface area contributed by atoms with Crippen LogP contribution in [0.1, 0.15) is 24.9 Å². The largest absolute Gasteiger partial charge is 0.350 e. The molecule has 2 atom stereocenters. The van der Waals surface area contributed by atoms with Gasteiger partial charge in [0.05, 0.1) is 0 Å². The van der Waals surface area contributed by atoms with Crippen LogP contribution in [0.2, 0.25) is 0 Å². The van der Waals surface area contributed by atoms with Crippen LogP contribution >= 0.6 is 0 Å². The van der Waals surface area contributed by atoms with E-state index in [1.165, 1.54) is 16.5 Å². The van der Waals surface area contributed by atoms with E-state index in [2.05, 4.69) is 68.0 Å². The molecule has 0 bridgehead atoms. The lowest BCUT2D eigenvalue weighted by Gasteiger charge is -2.25. The Bertz CT molecular complexity index is 526. The minimum absolute atomic E-state index is 0.205. The molecular formula is C15H23N3. The number of benzene rings is 1. The third kappa shape index (κ3) is 2.42. The molecule has 1 heterocycles. The van der Waals surface area contributed by atoms with Gasteiger partial charge >= 0.3 is 0 Å². The number of aryl methyl sites for hydroxylation is 1. The van der Waals surface area contributed by atoms with Crippen LogP contribution in [0.4, 0.5) is 0 Å². The van der Waals surface area contributed by atoms with E-state index >= 15 is 0 Å². The van der Waals surface area contributed by atoms with Crippen molar-refractivity contribution in [2.24, 2.45) is 12.8 Å². The first-order valence-electron chi connectivity index (χ1n) is 6.46. The van der Waals surface area contributed by atoms with Gasteiger partial charge in [-0.05, 0) is 39.1 Å². The number of hydrogen-bond donors (Lipinski definition) is 1. The highest BCUT2D eigenvalue weighted by Crippen LogP contribution is 2.31. The van der Waals surface area contributed by atoms with Gasteiger partial charge in [0.15, 0.2) is 0 Å². The number of hydrogen-bond acceptors (Lipinski definition) is 2. The van der Waals surface area contributed by atoms with E-state index in [-0.39, 0.29) is 6.04 Å². The molecule has 0 aliphatic rings. The van der Waals surface area contributed by atoms with Crippen molar-refractivity contribution in [1.29, 1.82) is 0 Å². The first-order valence-corrected chi connectivity index (χ1v) is 6.46. The quantitative estimate of drug-likeness (QED) is 0.898. The molecule has 1 aromatic carbocycles. The lowest BCUT2D eigenvalue weighted by atomic mass is 9.99. The van der Waals surface area contributed by atoms with Gasteiger partial charge < -0.3 is 15.2 Å². The summed E-state index contributed by atoms with van der Waals surface area (Å²) in [5.74, 6) is 0. The molecule has 18 heavy (non-hydrogen) atoms. The van der Waals surface area contributed by atoms with Crippen LogP contribution in [0.25, 0.3) is 10.9 Å². The molecule has 2 rings (SSSR count). The average Bonchev–Trinajstić information content (AvgIpc) is 2.64. The highest BCUT2D eigenvalue weighted by atomic mass is 15.1. The van der Waals surface area contributed by atoms with Crippen molar-refractivity contribution in [2.45, 2.75) is 25.4 Å². The SMILES string of the molecule is CC(N)CC(c1cn(C)c2ccccc12)N(C)C. The maximum atomic E-state index is 5.99. The molecule has 3 nitrogen and oxygen atoms in total. The third-order valence-electron chi connectivity index (χ3n) is 3.51. The lowest BCUT2D eigenvalue weighted by molar-refractivity contribution is 0.274. The summed E-state index contributed by atoms with van der Waals surface area (Å²) in [4.78, 5) is 2.26. The van der Waals surface area contributed by atoms with Crippen molar-refractivity contribution < 1.29 is 0 Å². The molecule has 0 amide bonds. The first kappa shape index (κ1) is 13.1. The minimum atomic E-state index is 0.205. The van der Waals surface area contributed by atoms with E-state index in [9.17, 15) is 0 Å². The summed E-state index contributed by atoms with van der Waals surface area (Å²) in [7, 11) is 6.34. The Balaban J connectivity index is 2.50. The highest BCUT2D eigenvalue weighted by molar-refractivity contribution is 5.84. The molecule has 2 aromatic rings. The second kappa shape index (κ2) is 5.12. The van der Waals surface area contributed by atoms with Gasteiger partial charge in [0.2, 0.25) is 0 Å². The fourth-order valence-electron chi connectivity index (χ4n) is 2.61. The topological polar surface area (TPSA) is 34.2 Å². The van der Waals surface area contributed by atoms with E-state index in [0.717, 1.165) is 6.42 Å². The van der Waals surface area contributed by atoms with Crippen molar-refractivity contribution in [2.75, 3.05) is 14.1 Å². The molecule has 0 saturated carbocycles. The summed E-state index contributed by atoms with van der Waals surface area (Å²) in [5, 5.41) is 1.33. The van der Waals surface area contributed by atoms with Crippen molar-refractivity contribution in [1.82, 2.24) is 9.47 Å². The van der Waals surface area contributed by atoms with E-state index in [1.54, 1.807) is 0 Å². The second-order valence-corrected chi connectivity index (χ2v) is 5.40. The zero-order valence-corrected chi connectivity index (χ0v) is 11.7. The van der Waals surface area contributed by atoms with Gasteiger partial charge in [0.1, 0.15) is 0 Å². The zero-order chi connectivity index (χ0) is 13.3. The molecule has 0 aliphatic heterocycles. The van der Waals surface area contributed by atoms with E-state index in [4.69, 9.17) is 5.73 Å². The second-order valence-electron chi connectivity index (χ2n) is 5.40. The zero-order valence-electron chi connectivity index (χ0n) is 11.7. The van der Waals surface area contributed by atoms with Gasteiger partial charge in [-0.1, -0.05) is 18.2 Å². The summed E-state index contributed by atoms with van der Waals surface area (Å²) >= 11 is 0. The number of aromatic nitrogens is 1. The number of nitrogens with two attached hydrogens (primary N) is 1. The van der Waals surface area contributed by atoms with Crippen LogP contribution < -0.4 is 5.73 Å². The van der Waals surface area contributed by atoms with Gasteiger partial charge in [-0.25, -0.2) is 0 Å². The van der Waals surface area contributed by atoms with Gasteiger partial charge in [-0.2, -0.15) is 0 Å². The summed E-state index contributed by atoms with van der Waals surface area (Å²) < 4.78 is 2.20. The molecule has 98 valence electrons. The molecule has 0 spiro atoms. The monoisotopic (exact) mass is 245 g/mol. The lowest BCUT2D eigenvalue weighted by Crippen LogP contribution is -2.27. The molecule has 2 N–H and O–H groups in total. The Morgan fingerprint density at radius 3 is 2.56 bits per heavy atom. The van der Waals surface area contributed by atoms with Crippen LogP contribution in [0.5, 0.6) is 0 Å². The molecule has 0 aliphatic carbocycles. The summed E-state index contributed by atoms with van der Waals surface area (Å²) in [6, 6.07) is 9.12. The highest BCUT2D eigenvalue weighted by Gasteiger charge is 2.20. The number of fused-ring (bicyclic) bond motifs is 1. The van der Waals surface area contributed by atoms with Crippen molar-refractivity contribution in [3.63, 3.8) is 0 Å². The van der Waals surface area contributed by atoms with Crippen LogP contribution in [-0.2, 0) is 7.05 Å². The normalized spacial score (nSPS) is 15.2. The molecule has 2 unspecified atom stereocenters. The predicted octanol–water partition coefficient (Wildman–Crippen LogP) is 2.52. The molecule has 0 saturated heterocycles. The van der Waals surface area contributed by atoms with Crippen LogP contribution in [-0.4, -0.2) is 29.6 Å². The molecule has 1 aromatic heterocycles. The van der Waals surface area contributed by atoms with E-state index in [0.29, 0.717) is 6.04 Å². The average molecular weight is 245 g/mol. The molecule has 3 heteroatoms. The van der Waals surface area contributed by atoms with Gasteiger partial charge in [0, 0.05) is 36.2 Å². The summed E-state index contributed by atoms with van der Waals surface area (Å²) in [5.41, 5.74) is 8.64. The third-order valence-corrected chi connectivity index (χ3v) is 3.51. The standard InChI is InChI=1S/C15H23N3/c1-11(16)9-15(17(2)3)13-10-18(4)14-8-6-5-7-12(13)14/h5-8,10-11,15H,9,16H2,1-4H3. The number of nitrogens with zero attached hydrogens (tertiary/aromatic N) is 2. The minimum Gasteiger partial charge on any atom is -0.350 e. The van der Waals surface area contributed by atoms with Crippen LogP contribution in [0.15, 0.2) is 30.5 Å². The van der Waals surface area contributed by atoms with E-state index in [1.807, 2.05) is 0 Å². The Hall–Kier alpha value is -1.32. The van der Waals surface area contributed by atoms with Crippen molar-refractivity contribution in [3.05, 3.63) is 36.0 Å². The summed E-state index contributed by atoms with van der Waals surface area (Å²) in [6.45, 7) is 2.07. The van der Waals surface area contributed by atoms with Crippen molar-refractivity contribution in [3.8, 4) is 0 Å². The Kier molecular flexibility index (Phi) is 3.73. The maximum Gasteiger partial charge on any atom is 0.0481 e. The van der Waals surface area contributed by atoms with Gasteiger partial charge in [-0.15, -0.1) is 0 Å². The maximum absolute atomic E-state index is 5.99. The van der Waals surface area contributed by atoms with Crippen molar-refractivity contribution >= 4 is 10.9 Å². The fraction of sp³-hybridized carbons (Fsp3) is 0.467. The predicted molar refractivity (Wildman–Crippen MR) is 77.6 cm³/mol. The van der Waals surface area contributed by atoms with Crippen LogP contribution in [0, 0.1) is 0 Å². The summed E-state index contributed by atoms with van der Waals surface area (Å²) in [6.07, 6.45) is 3.21. The fourth-order valence-corrected chi connectivity index (χ4v) is 2.61. The Morgan fingerprint density at radius 2 is 1.94 bits per heavy atom. The van der Waals surface area contributed by atoms with Gasteiger partial charge in [0.25, 0.3) is 0 Å². The smallest absolute Gasteiger partial charge is 0.0481 e. The van der Waals surface area contributed by atoms with Crippen LogP contribution in [0.3, 0.4) is 0 Å². The van der Waals surface area contributed by atoms with Gasteiger partial charge in [-0.3, -0.25) is 0 Å². The molecule has 0 fully saturated rings. The Morgan fingerprint density at radius 1 is 1.28 bits per heavy atom. The molecule has 0 radical (unpaired) electrons. The molecular weight excluding hydrogens is 222 g/mol. The Labute approximate surface area is 109 Å². The number of para-hydroxylation sites is 1. The first-order chi connectivity index (χ1) is 8.50.